The summed E-state index contributed by atoms with van der Waals surface area (Å²) in [6.45, 7) is 4.15. The molecule has 0 aromatic heterocycles. The molecule has 1 saturated heterocycles. The second-order valence-electron chi connectivity index (χ2n) is 7.58. The van der Waals surface area contributed by atoms with Crippen molar-refractivity contribution in [1.29, 1.82) is 0 Å². The summed E-state index contributed by atoms with van der Waals surface area (Å²) in [5.41, 5.74) is 2.43. The number of ether oxygens (including phenoxy) is 1. The van der Waals surface area contributed by atoms with E-state index in [1.807, 2.05) is 12.1 Å². The third-order valence-corrected chi connectivity index (χ3v) is 5.72. The van der Waals surface area contributed by atoms with E-state index in [0.717, 1.165) is 12.8 Å². The molecule has 1 amide bonds. The van der Waals surface area contributed by atoms with E-state index < -0.39 is 24.1 Å². The molecule has 0 bridgehead atoms. The van der Waals surface area contributed by atoms with Gasteiger partial charge in [0, 0.05) is 6.54 Å². The van der Waals surface area contributed by atoms with Gasteiger partial charge in [0.1, 0.15) is 12.1 Å². The molecular formula is C21H28N2O5. The second-order valence-corrected chi connectivity index (χ2v) is 7.58. The number of hydrogen-bond acceptors (Lipinski definition) is 5. The van der Waals surface area contributed by atoms with E-state index in [-0.39, 0.29) is 24.4 Å². The molecular weight excluding hydrogens is 360 g/mol. The SMILES string of the molecule is CCOC(=O)C(N[C@@H](C)C(=O)N1CCC[C@H]1C(=O)O)C1Cc2ccccc2C1. The topological polar surface area (TPSA) is 95.9 Å². The monoisotopic (exact) mass is 388 g/mol. The van der Waals surface area contributed by atoms with E-state index >= 15 is 0 Å². The summed E-state index contributed by atoms with van der Waals surface area (Å²) in [5, 5.41) is 12.5. The number of aliphatic carboxylic acids is 1. The van der Waals surface area contributed by atoms with Crippen LogP contribution in [0.4, 0.5) is 0 Å². The molecule has 0 radical (unpaired) electrons. The van der Waals surface area contributed by atoms with Crippen molar-refractivity contribution in [3.05, 3.63) is 35.4 Å². The van der Waals surface area contributed by atoms with E-state index in [0.29, 0.717) is 19.4 Å². The van der Waals surface area contributed by atoms with Crippen LogP contribution in [0.3, 0.4) is 0 Å². The Bertz CT molecular complexity index is 725. The smallest absolute Gasteiger partial charge is 0.326 e. The zero-order chi connectivity index (χ0) is 20.3. The van der Waals surface area contributed by atoms with Crippen molar-refractivity contribution < 1.29 is 24.2 Å². The average Bonchev–Trinajstić information content (AvgIpc) is 3.32. The number of hydrogen-bond donors (Lipinski definition) is 2. The molecule has 1 heterocycles. The Balaban J connectivity index is 1.72. The van der Waals surface area contributed by atoms with Gasteiger partial charge in [-0.2, -0.15) is 0 Å². The fourth-order valence-corrected chi connectivity index (χ4v) is 4.33. The highest BCUT2D eigenvalue weighted by atomic mass is 16.5. The highest BCUT2D eigenvalue weighted by Gasteiger charge is 2.39. The maximum atomic E-state index is 12.9. The number of fused-ring (bicyclic) bond motifs is 1. The lowest BCUT2D eigenvalue weighted by Crippen LogP contribution is -2.55. The molecule has 1 aromatic carbocycles. The highest BCUT2D eigenvalue weighted by molar-refractivity contribution is 5.88. The molecule has 152 valence electrons. The number of carbonyl (C=O) groups excluding carboxylic acids is 2. The average molecular weight is 388 g/mol. The van der Waals surface area contributed by atoms with Crippen molar-refractivity contribution in [1.82, 2.24) is 10.2 Å². The Morgan fingerprint density at radius 1 is 1.25 bits per heavy atom. The number of esters is 1. The lowest BCUT2D eigenvalue weighted by molar-refractivity contribution is -0.151. The van der Waals surface area contributed by atoms with Crippen LogP contribution in [0.15, 0.2) is 24.3 Å². The Labute approximate surface area is 165 Å². The minimum Gasteiger partial charge on any atom is -0.480 e. The van der Waals surface area contributed by atoms with E-state index in [4.69, 9.17) is 4.74 Å². The van der Waals surface area contributed by atoms with Crippen molar-refractivity contribution in [2.75, 3.05) is 13.2 Å². The number of nitrogens with zero attached hydrogens (tertiary/aromatic N) is 1. The van der Waals surface area contributed by atoms with Gasteiger partial charge in [0.25, 0.3) is 0 Å². The molecule has 0 spiro atoms. The van der Waals surface area contributed by atoms with Crippen molar-refractivity contribution in [3.8, 4) is 0 Å². The molecule has 7 nitrogen and oxygen atoms in total. The van der Waals surface area contributed by atoms with Gasteiger partial charge in [0.2, 0.25) is 5.91 Å². The molecule has 3 atom stereocenters. The van der Waals surface area contributed by atoms with Crippen LogP contribution in [0.1, 0.15) is 37.8 Å². The first-order chi connectivity index (χ1) is 13.4. The summed E-state index contributed by atoms with van der Waals surface area (Å²) in [6.07, 6.45) is 2.63. The zero-order valence-electron chi connectivity index (χ0n) is 16.4. The number of carbonyl (C=O) groups is 3. The summed E-state index contributed by atoms with van der Waals surface area (Å²) in [5.74, 6) is -1.63. The molecule has 1 aromatic rings. The minimum atomic E-state index is -0.980. The first kappa shape index (κ1) is 20.3. The van der Waals surface area contributed by atoms with Gasteiger partial charge in [-0.15, -0.1) is 0 Å². The van der Waals surface area contributed by atoms with Gasteiger partial charge >= 0.3 is 11.9 Å². The van der Waals surface area contributed by atoms with Gasteiger partial charge in [-0.3, -0.25) is 14.9 Å². The zero-order valence-corrected chi connectivity index (χ0v) is 16.4. The van der Waals surface area contributed by atoms with Crippen LogP contribution in [0.5, 0.6) is 0 Å². The molecule has 28 heavy (non-hydrogen) atoms. The van der Waals surface area contributed by atoms with Gasteiger partial charge in [-0.1, -0.05) is 24.3 Å². The molecule has 1 aliphatic heterocycles. The number of benzene rings is 1. The van der Waals surface area contributed by atoms with Crippen LogP contribution < -0.4 is 5.32 Å². The summed E-state index contributed by atoms with van der Waals surface area (Å²) in [4.78, 5) is 38.3. The fourth-order valence-electron chi connectivity index (χ4n) is 4.33. The Hall–Kier alpha value is -2.41. The van der Waals surface area contributed by atoms with Crippen LogP contribution in [-0.4, -0.2) is 59.1 Å². The number of rotatable bonds is 7. The largest absolute Gasteiger partial charge is 0.480 e. The maximum Gasteiger partial charge on any atom is 0.326 e. The summed E-state index contributed by atoms with van der Waals surface area (Å²) in [6, 6.07) is 6.03. The summed E-state index contributed by atoms with van der Waals surface area (Å²) >= 11 is 0. The maximum absolute atomic E-state index is 12.9. The number of carboxylic acids is 1. The van der Waals surface area contributed by atoms with Gasteiger partial charge in [-0.25, -0.2) is 4.79 Å². The molecule has 1 unspecified atom stereocenters. The van der Waals surface area contributed by atoms with Gasteiger partial charge < -0.3 is 14.7 Å². The third-order valence-electron chi connectivity index (χ3n) is 5.72. The lowest BCUT2D eigenvalue weighted by Gasteiger charge is -2.30. The van der Waals surface area contributed by atoms with Gasteiger partial charge in [0.05, 0.1) is 12.6 Å². The van der Waals surface area contributed by atoms with E-state index in [2.05, 4.69) is 17.4 Å². The van der Waals surface area contributed by atoms with E-state index in [9.17, 15) is 19.5 Å². The Morgan fingerprint density at radius 2 is 1.89 bits per heavy atom. The second kappa shape index (κ2) is 8.73. The molecule has 2 aliphatic rings. The first-order valence-corrected chi connectivity index (χ1v) is 9.95. The molecule has 0 saturated carbocycles. The van der Waals surface area contributed by atoms with Crippen LogP contribution in [0, 0.1) is 5.92 Å². The Morgan fingerprint density at radius 3 is 2.46 bits per heavy atom. The normalized spacial score (nSPS) is 21.2. The highest BCUT2D eigenvalue weighted by Crippen LogP contribution is 2.29. The number of amides is 1. The van der Waals surface area contributed by atoms with E-state index in [1.54, 1.807) is 13.8 Å². The molecule has 3 rings (SSSR count). The van der Waals surface area contributed by atoms with Crippen molar-refractivity contribution >= 4 is 17.8 Å². The standard InChI is InChI=1S/C21H28N2O5/c1-3-28-21(27)18(16-11-14-7-4-5-8-15(14)12-16)22-13(2)19(24)23-10-6-9-17(23)20(25)26/h4-5,7-8,13,16-18,22H,3,6,9-12H2,1-2H3,(H,25,26)/t13-,17-,18?/m0/s1. The van der Waals surface area contributed by atoms with Gasteiger partial charge in [-0.05, 0) is 56.6 Å². The Kier molecular flexibility index (Phi) is 6.34. The predicted molar refractivity (Wildman–Crippen MR) is 103 cm³/mol. The van der Waals surface area contributed by atoms with Crippen LogP contribution in [-0.2, 0) is 32.0 Å². The number of nitrogens with one attached hydrogen (secondary N) is 1. The van der Waals surface area contributed by atoms with Crippen LogP contribution >= 0.6 is 0 Å². The van der Waals surface area contributed by atoms with Crippen LogP contribution in [0.2, 0.25) is 0 Å². The fraction of sp³-hybridized carbons (Fsp3) is 0.571. The van der Waals surface area contributed by atoms with Crippen LogP contribution in [0.25, 0.3) is 0 Å². The summed E-state index contributed by atoms with van der Waals surface area (Å²) < 4.78 is 5.26. The number of likely N-dealkylation sites (tertiary alicyclic amines) is 1. The predicted octanol–water partition coefficient (Wildman–Crippen LogP) is 1.39. The quantitative estimate of drug-likeness (QED) is 0.686. The van der Waals surface area contributed by atoms with Crippen molar-refractivity contribution in [2.45, 2.75) is 57.7 Å². The third kappa shape index (κ3) is 4.19. The molecule has 1 fully saturated rings. The number of carboxylic acid groups (broad SMARTS) is 1. The van der Waals surface area contributed by atoms with Gasteiger partial charge in [0.15, 0.2) is 0 Å². The minimum absolute atomic E-state index is 0.000508. The summed E-state index contributed by atoms with van der Waals surface area (Å²) in [7, 11) is 0. The molecule has 1 aliphatic carbocycles. The van der Waals surface area contributed by atoms with Crippen molar-refractivity contribution in [3.63, 3.8) is 0 Å². The van der Waals surface area contributed by atoms with E-state index in [1.165, 1.54) is 16.0 Å². The van der Waals surface area contributed by atoms with Crippen molar-refractivity contribution in [2.24, 2.45) is 5.92 Å². The first-order valence-electron chi connectivity index (χ1n) is 9.95. The molecule has 7 heteroatoms. The molecule has 2 N–H and O–H groups in total. The lowest BCUT2D eigenvalue weighted by atomic mass is 9.95.